The number of hydrogen-bond acceptors (Lipinski definition) is 8. The van der Waals surface area contributed by atoms with E-state index in [1.54, 1.807) is 0 Å². The molecule has 0 saturated heterocycles. The smallest absolute Gasteiger partial charge is 0.329 e. The molecule has 0 spiro atoms. The van der Waals surface area contributed by atoms with E-state index in [0.29, 0.717) is 0 Å². The first-order valence-corrected chi connectivity index (χ1v) is 7.03. The Hall–Kier alpha value is -2.77. The minimum absolute atomic E-state index is 0.981. The molecular weight excluding hydrogens is 360 g/mol. The summed E-state index contributed by atoms with van der Waals surface area (Å²) in [6.45, 7) is -1.21. The fourth-order valence-corrected chi connectivity index (χ4v) is 2.65. The Morgan fingerprint density at radius 2 is 1.19 bits per heavy atom. The number of nitrogens with two attached hydrogens (primary N) is 2. The molecule has 0 amide bonds. The number of rotatable bonds is 13. The maximum Gasteiger partial charge on any atom is 0.329 e. The summed E-state index contributed by atoms with van der Waals surface area (Å²) in [6.07, 6.45) is -4.53. The van der Waals surface area contributed by atoms with Crippen molar-refractivity contribution in [3.63, 3.8) is 0 Å². The predicted octanol–water partition coefficient (Wildman–Crippen LogP) is -2.25. The molecule has 0 radical (unpaired) electrons. The standard InChI is InChI=1S/C13H20N2O11/c14-6(1-7(16)17)13(4-10(22)23,26-5-11(24)25)12(15,2-8(18)19)3-9(20)21/h6H,1-5,14-15H2,(H,16,17)(H,18,19)(H,20,21)(H,22,23)(H,24,25). The van der Waals surface area contributed by atoms with Gasteiger partial charge in [0.15, 0.2) is 0 Å². The van der Waals surface area contributed by atoms with Crippen LogP contribution in [-0.4, -0.2) is 79.2 Å². The largest absolute Gasteiger partial charge is 0.481 e. The highest BCUT2D eigenvalue weighted by molar-refractivity contribution is 5.76. The van der Waals surface area contributed by atoms with Crippen molar-refractivity contribution in [2.45, 2.75) is 42.9 Å². The van der Waals surface area contributed by atoms with E-state index >= 15 is 0 Å². The van der Waals surface area contributed by atoms with E-state index in [2.05, 4.69) is 0 Å². The molecule has 2 atom stereocenters. The van der Waals surface area contributed by atoms with E-state index in [9.17, 15) is 24.0 Å². The van der Waals surface area contributed by atoms with E-state index in [-0.39, 0.29) is 0 Å². The normalized spacial score (nSPS) is 14.8. The molecule has 0 saturated carbocycles. The second-order valence-corrected chi connectivity index (χ2v) is 5.64. The number of carbonyl (C=O) groups is 5. The lowest BCUT2D eigenvalue weighted by molar-refractivity contribution is -0.179. The summed E-state index contributed by atoms with van der Waals surface area (Å²) in [7, 11) is 0. The van der Waals surface area contributed by atoms with Gasteiger partial charge in [0.1, 0.15) is 12.2 Å². The van der Waals surface area contributed by atoms with Crippen LogP contribution in [0.3, 0.4) is 0 Å². The second-order valence-electron chi connectivity index (χ2n) is 5.64. The van der Waals surface area contributed by atoms with E-state index in [1.807, 2.05) is 0 Å². The number of carboxylic acids is 5. The fraction of sp³-hybridized carbons (Fsp3) is 0.615. The average molecular weight is 380 g/mol. The molecule has 0 fully saturated rings. The maximum atomic E-state index is 11.3. The Morgan fingerprint density at radius 1 is 0.769 bits per heavy atom. The van der Waals surface area contributed by atoms with Gasteiger partial charge in [0.25, 0.3) is 0 Å². The van der Waals surface area contributed by atoms with Crippen molar-refractivity contribution in [2.75, 3.05) is 6.61 Å². The minimum atomic E-state index is -2.60. The molecule has 13 nitrogen and oxygen atoms in total. The van der Waals surface area contributed by atoms with Gasteiger partial charge in [-0.15, -0.1) is 0 Å². The van der Waals surface area contributed by atoms with Gasteiger partial charge in [0, 0.05) is 6.04 Å². The van der Waals surface area contributed by atoms with Crippen molar-refractivity contribution in [1.82, 2.24) is 0 Å². The predicted molar refractivity (Wildman–Crippen MR) is 80.2 cm³/mol. The van der Waals surface area contributed by atoms with Crippen LogP contribution in [-0.2, 0) is 28.7 Å². The summed E-state index contributed by atoms with van der Waals surface area (Å²) in [5.41, 5.74) is 6.45. The summed E-state index contributed by atoms with van der Waals surface area (Å²) < 4.78 is 5.01. The van der Waals surface area contributed by atoms with Gasteiger partial charge in [-0.05, 0) is 0 Å². The van der Waals surface area contributed by atoms with Crippen LogP contribution in [0.5, 0.6) is 0 Å². The molecule has 148 valence electrons. The zero-order valence-corrected chi connectivity index (χ0v) is 13.5. The first-order valence-electron chi connectivity index (χ1n) is 7.03. The van der Waals surface area contributed by atoms with Gasteiger partial charge in [-0.2, -0.15) is 0 Å². The molecule has 9 N–H and O–H groups in total. The van der Waals surface area contributed by atoms with Gasteiger partial charge < -0.3 is 41.7 Å². The molecule has 13 heteroatoms. The van der Waals surface area contributed by atoms with Crippen LogP contribution in [0.2, 0.25) is 0 Å². The lowest BCUT2D eigenvalue weighted by Crippen LogP contribution is -2.72. The van der Waals surface area contributed by atoms with E-state index in [4.69, 9.17) is 41.7 Å². The topological polar surface area (TPSA) is 248 Å². The van der Waals surface area contributed by atoms with Crippen molar-refractivity contribution in [2.24, 2.45) is 11.5 Å². The van der Waals surface area contributed by atoms with Crippen molar-refractivity contribution in [1.29, 1.82) is 0 Å². The Bertz CT molecular complexity index is 575. The lowest BCUT2D eigenvalue weighted by Gasteiger charge is -2.48. The molecule has 0 rings (SSSR count). The monoisotopic (exact) mass is 380 g/mol. The van der Waals surface area contributed by atoms with Crippen LogP contribution < -0.4 is 11.5 Å². The summed E-state index contributed by atoms with van der Waals surface area (Å²) >= 11 is 0. The highest BCUT2D eigenvalue weighted by Gasteiger charge is 2.57. The third-order valence-electron chi connectivity index (χ3n) is 3.64. The zero-order valence-electron chi connectivity index (χ0n) is 13.5. The highest BCUT2D eigenvalue weighted by atomic mass is 16.5. The summed E-state index contributed by atoms with van der Waals surface area (Å²) in [6, 6.07) is -1.82. The number of ether oxygens (including phenoxy) is 1. The Balaban J connectivity index is 6.47. The molecule has 0 aromatic carbocycles. The summed E-state index contributed by atoms with van der Waals surface area (Å²) in [5.74, 6) is -8.13. The third kappa shape index (κ3) is 6.27. The molecule has 26 heavy (non-hydrogen) atoms. The molecule has 0 heterocycles. The molecule has 0 aromatic heterocycles. The van der Waals surface area contributed by atoms with Gasteiger partial charge in [0.05, 0.1) is 31.2 Å². The molecule has 0 aliphatic rings. The molecular formula is C13H20N2O11. The number of carboxylic acid groups (broad SMARTS) is 5. The summed E-state index contributed by atoms with van der Waals surface area (Å²) in [5, 5.41) is 45.0. The molecule has 2 unspecified atom stereocenters. The van der Waals surface area contributed by atoms with E-state index < -0.39 is 79.3 Å². The van der Waals surface area contributed by atoms with Crippen LogP contribution in [0.15, 0.2) is 0 Å². The third-order valence-corrected chi connectivity index (χ3v) is 3.64. The van der Waals surface area contributed by atoms with E-state index in [0.717, 1.165) is 0 Å². The first-order chi connectivity index (χ1) is 11.8. The molecule has 0 aliphatic heterocycles. The average Bonchev–Trinajstić information content (AvgIpc) is 2.39. The zero-order chi connectivity index (χ0) is 20.7. The van der Waals surface area contributed by atoms with Crippen LogP contribution >= 0.6 is 0 Å². The summed E-state index contributed by atoms with van der Waals surface area (Å²) in [4.78, 5) is 55.4. The van der Waals surface area contributed by atoms with Gasteiger partial charge in [-0.3, -0.25) is 19.2 Å². The Labute approximate surface area is 146 Å². The number of aliphatic carboxylic acids is 5. The Morgan fingerprint density at radius 3 is 1.50 bits per heavy atom. The van der Waals surface area contributed by atoms with Gasteiger partial charge in [-0.1, -0.05) is 0 Å². The highest BCUT2D eigenvalue weighted by Crippen LogP contribution is 2.37. The van der Waals surface area contributed by atoms with Crippen LogP contribution in [0.1, 0.15) is 25.7 Å². The lowest BCUT2D eigenvalue weighted by atomic mass is 9.68. The molecule has 0 aliphatic carbocycles. The van der Waals surface area contributed by atoms with Crippen LogP contribution in [0.4, 0.5) is 0 Å². The van der Waals surface area contributed by atoms with E-state index in [1.165, 1.54) is 0 Å². The van der Waals surface area contributed by atoms with Gasteiger partial charge >= 0.3 is 29.8 Å². The van der Waals surface area contributed by atoms with Crippen molar-refractivity contribution >= 4 is 29.8 Å². The number of hydrogen-bond donors (Lipinski definition) is 7. The SMILES string of the molecule is NC(CC(=O)O)C(CC(=O)O)(OCC(=O)O)C(N)(CC(=O)O)CC(=O)O. The minimum Gasteiger partial charge on any atom is -0.481 e. The van der Waals surface area contributed by atoms with Crippen molar-refractivity contribution < 1.29 is 54.2 Å². The van der Waals surface area contributed by atoms with Gasteiger partial charge in [0.2, 0.25) is 0 Å². The van der Waals surface area contributed by atoms with Crippen LogP contribution in [0.25, 0.3) is 0 Å². The second kappa shape index (κ2) is 9.07. The Kier molecular flexibility index (Phi) is 8.11. The van der Waals surface area contributed by atoms with Gasteiger partial charge in [-0.25, -0.2) is 4.79 Å². The fourth-order valence-electron chi connectivity index (χ4n) is 2.65. The molecule has 0 aromatic rings. The first kappa shape index (κ1) is 23.2. The van der Waals surface area contributed by atoms with Crippen molar-refractivity contribution in [3.05, 3.63) is 0 Å². The molecule has 0 bridgehead atoms. The quantitative estimate of drug-likeness (QED) is 0.178. The van der Waals surface area contributed by atoms with Crippen molar-refractivity contribution in [3.8, 4) is 0 Å². The van der Waals surface area contributed by atoms with Crippen LogP contribution in [0, 0.1) is 0 Å². The maximum absolute atomic E-state index is 11.3.